The van der Waals surface area contributed by atoms with Crippen LogP contribution in [-0.2, 0) is 4.74 Å². The molecule has 2 rings (SSSR count). The van der Waals surface area contributed by atoms with Crippen molar-refractivity contribution in [1.29, 1.82) is 0 Å². The first-order chi connectivity index (χ1) is 8.73. The van der Waals surface area contributed by atoms with E-state index in [2.05, 4.69) is 12.2 Å². The normalized spacial score (nSPS) is 17.0. The van der Waals surface area contributed by atoms with Crippen molar-refractivity contribution in [2.75, 3.05) is 40.0 Å². The second kappa shape index (κ2) is 6.07. The van der Waals surface area contributed by atoms with Crippen molar-refractivity contribution < 1.29 is 14.2 Å². The maximum Gasteiger partial charge on any atom is 0.161 e. The van der Waals surface area contributed by atoms with Gasteiger partial charge in [-0.05, 0) is 12.1 Å². The molecule has 1 aromatic rings. The van der Waals surface area contributed by atoms with E-state index < -0.39 is 0 Å². The van der Waals surface area contributed by atoms with Gasteiger partial charge in [0.25, 0.3) is 0 Å². The van der Waals surface area contributed by atoms with E-state index in [9.17, 15) is 0 Å². The number of nitrogens with one attached hydrogen (secondary N) is 1. The third-order valence-corrected chi connectivity index (χ3v) is 3.06. The molecule has 18 heavy (non-hydrogen) atoms. The van der Waals surface area contributed by atoms with Gasteiger partial charge in [0.2, 0.25) is 0 Å². The molecule has 1 saturated heterocycles. The molecule has 0 saturated carbocycles. The van der Waals surface area contributed by atoms with Crippen LogP contribution in [0.3, 0.4) is 0 Å². The third kappa shape index (κ3) is 3.37. The van der Waals surface area contributed by atoms with Crippen molar-refractivity contribution in [2.24, 2.45) is 5.41 Å². The highest BCUT2D eigenvalue weighted by Gasteiger charge is 2.32. The first kappa shape index (κ1) is 13.2. The zero-order valence-corrected chi connectivity index (χ0v) is 11.1. The van der Waals surface area contributed by atoms with Crippen molar-refractivity contribution in [2.45, 2.75) is 6.92 Å². The Morgan fingerprint density at radius 1 is 1.28 bits per heavy atom. The predicted octanol–water partition coefficient (Wildman–Crippen LogP) is 1.70. The summed E-state index contributed by atoms with van der Waals surface area (Å²) in [6.45, 7) is 6.37. The molecule has 1 aliphatic rings. The van der Waals surface area contributed by atoms with Gasteiger partial charge >= 0.3 is 0 Å². The number of hydrogen-bond donors (Lipinski definition) is 1. The highest BCUT2D eigenvalue weighted by Crippen LogP contribution is 2.26. The highest BCUT2D eigenvalue weighted by atomic mass is 16.5. The van der Waals surface area contributed by atoms with Crippen LogP contribution < -0.4 is 14.8 Å². The van der Waals surface area contributed by atoms with E-state index in [0.717, 1.165) is 37.8 Å². The maximum atomic E-state index is 5.68. The molecule has 0 unspecified atom stereocenters. The van der Waals surface area contributed by atoms with Gasteiger partial charge in [-0.15, -0.1) is 0 Å². The number of hydrogen-bond acceptors (Lipinski definition) is 4. The average Bonchev–Trinajstić information content (AvgIpc) is 2.37. The van der Waals surface area contributed by atoms with E-state index >= 15 is 0 Å². The topological polar surface area (TPSA) is 39.7 Å². The summed E-state index contributed by atoms with van der Waals surface area (Å²) >= 11 is 0. The second-order valence-electron chi connectivity index (χ2n) is 4.98. The molecule has 4 heteroatoms. The van der Waals surface area contributed by atoms with E-state index in [1.54, 1.807) is 7.11 Å². The zero-order chi connectivity index (χ0) is 12.8. The summed E-state index contributed by atoms with van der Waals surface area (Å²) < 4.78 is 16.1. The van der Waals surface area contributed by atoms with Crippen molar-refractivity contribution in [3.8, 4) is 11.5 Å². The number of rotatable bonds is 7. The monoisotopic (exact) mass is 251 g/mol. The van der Waals surface area contributed by atoms with Crippen LogP contribution in [0, 0.1) is 5.41 Å². The van der Waals surface area contributed by atoms with Gasteiger partial charge in [-0.2, -0.15) is 0 Å². The Labute approximate surface area is 108 Å². The van der Waals surface area contributed by atoms with E-state index in [1.807, 2.05) is 24.3 Å². The van der Waals surface area contributed by atoms with Gasteiger partial charge in [0.15, 0.2) is 11.5 Å². The summed E-state index contributed by atoms with van der Waals surface area (Å²) in [5.41, 5.74) is 0.310. The van der Waals surface area contributed by atoms with Crippen LogP contribution in [0.1, 0.15) is 6.92 Å². The van der Waals surface area contributed by atoms with Crippen molar-refractivity contribution in [3.05, 3.63) is 24.3 Å². The smallest absolute Gasteiger partial charge is 0.161 e. The lowest BCUT2D eigenvalue weighted by Gasteiger charge is -2.38. The van der Waals surface area contributed by atoms with Gasteiger partial charge in [0.1, 0.15) is 6.61 Å². The van der Waals surface area contributed by atoms with E-state index in [4.69, 9.17) is 14.2 Å². The first-order valence-corrected chi connectivity index (χ1v) is 6.28. The molecule has 1 aromatic carbocycles. The van der Waals surface area contributed by atoms with Gasteiger partial charge in [-0.3, -0.25) is 0 Å². The molecule has 1 aliphatic heterocycles. The molecule has 1 fully saturated rings. The van der Waals surface area contributed by atoms with Crippen LogP contribution in [0.2, 0.25) is 0 Å². The molecule has 100 valence electrons. The van der Waals surface area contributed by atoms with E-state index in [0.29, 0.717) is 12.0 Å². The summed E-state index contributed by atoms with van der Waals surface area (Å²) in [6, 6.07) is 7.69. The summed E-state index contributed by atoms with van der Waals surface area (Å²) in [5, 5.41) is 3.39. The van der Waals surface area contributed by atoms with Gasteiger partial charge < -0.3 is 19.5 Å². The van der Waals surface area contributed by atoms with Crippen LogP contribution in [-0.4, -0.2) is 40.0 Å². The zero-order valence-electron chi connectivity index (χ0n) is 11.1. The molecule has 0 atom stereocenters. The van der Waals surface area contributed by atoms with Gasteiger partial charge in [0, 0.05) is 18.5 Å². The standard InChI is InChI=1S/C14H21NO3/c1-14(10-17-11-14)9-15-7-8-18-13-6-4-3-5-12(13)16-2/h3-6,15H,7-11H2,1-2H3. The predicted molar refractivity (Wildman–Crippen MR) is 70.3 cm³/mol. The minimum atomic E-state index is 0.310. The molecule has 0 aliphatic carbocycles. The van der Waals surface area contributed by atoms with E-state index in [1.165, 1.54) is 0 Å². The Kier molecular flexibility index (Phi) is 4.44. The Balaban J connectivity index is 1.65. The fraction of sp³-hybridized carbons (Fsp3) is 0.571. The van der Waals surface area contributed by atoms with Crippen LogP contribution in [0.25, 0.3) is 0 Å². The Hall–Kier alpha value is -1.26. The van der Waals surface area contributed by atoms with E-state index in [-0.39, 0.29) is 0 Å². The average molecular weight is 251 g/mol. The van der Waals surface area contributed by atoms with Crippen molar-refractivity contribution in [1.82, 2.24) is 5.32 Å². The summed E-state index contributed by atoms with van der Waals surface area (Å²) in [4.78, 5) is 0. The molecule has 1 heterocycles. The molecule has 0 spiro atoms. The number of para-hydroxylation sites is 2. The molecular formula is C14H21NO3. The molecule has 0 amide bonds. The van der Waals surface area contributed by atoms with Crippen molar-refractivity contribution in [3.63, 3.8) is 0 Å². The van der Waals surface area contributed by atoms with Gasteiger partial charge in [-0.25, -0.2) is 0 Å². The molecule has 0 bridgehead atoms. The Morgan fingerprint density at radius 2 is 2.00 bits per heavy atom. The fourth-order valence-electron chi connectivity index (χ4n) is 1.91. The van der Waals surface area contributed by atoms with Crippen LogP contribution in [0.15, 0.2) is 24.3 Å². The molecule has 1 N–H and O–H groups in total. The molecular weight excluding hydrogens is 230 g/mol. The quantitative estimate of drug-likeness (QED) is 0.749. The van der Waals surface area contributed by atoms with Gasteiger partial charge in [0.05, 0.1) is 20.3 Å². The Bertz CT molecular complexity index is 377. The lowest BCUT2D eigenvalue weighted by Crippen LogP contribution is -2.47. The SMILES string of the molecule is COc1ccccc1OCCNCC1(C)COC1. The number of ether oxygens (including phenoxy) is 3. The summed E-state index contributed by atoms with van der Waals surface area (Å²) in [7, 11) is 1.65. The Morgan fingerprint density at radius 3 is 2.61 bits per heavy atom. The fourth-order valence-corrected chi connectivity index (χ4v) is 1.91. The molecule has 4 nitrogen and oxygen atoms in total. The minimum absolute atomic E-state index is 0.310. The maximum absolute atomic E-state index is 5.68. The van der Waals surface area contributed by atoms with Crippen LogP contribution in [0.5, 0.6) is 11.5 Å². The minimum Gasteiger partial charge on any atom is -0.493 e. The molecule has 0 radical (unpaired) electrons. The third-order valence-electron chi connectivity index (χ3n) is 3.06. The number of benzene rings is 1. The first-order valence-electron chi connectivity index (χ1n) is 6.28. The van der Waals surface area contributed by atoms with Crippen LogP contribution in [0.4, 0.5) is 0 Å². The van der Waals surface area contributed by atoms with Gasteiger partial charge in [-0.1, -0.05) is 19.1 Å². The second-order valence-corrected chi connectivity index (χ2v) is 4.98. The lowest BCUT2D eigenvalue weighted by molar-refractivity contribution is -0.0990. The van der Waals surface area contributed by atoms with Crippen molar-refractivity contribution >= 4 is 0 Å². The summed E-state index contributed by atoms with van der Waals surface area (Å²) in [5.74, 6) is 1.57. The number of methoxy groups -OCH3 is 1. The molecule has 0 aromatic heterocycles. The highest BCUT2D eigenvalue weighted by molar-refractivity contribution is 5.39. The lowest BCUT2D eigenvalue weighted by atomic mass is 9.89. The van der Waals surface area contributed by atoms with Crippen LogP contribution >= 0.6 is 0 Å². The largest absolute Gasteiger partial charge is 0.493 e. The summed E-state index contributed by atoms with van der Waals surface area (Å²) in [6.07, 6.45) is 0.